The molecule has 12 heteroatoms. The Morgan fingerprint density at radius 2 is 1.24 bits per heavy atom. The third-order valence-corrected chi connectivity index (χ3v) is 5.67. The predicted molar refractivity (Wildman–Crippen MR) is 133 cm³/mol. The number of rotatable bonds is 4. The minimum atomic E-state index is -0.293. The summed E-state index contributed by atoms with van der Waals surface area (Å²) in [4.78, 5) is 26.3. The van der Waals surface area contributed by atoms with E-state index in [4.69, 9.17) is 53.8 Å². The number of hydrogen-bond acceptors (Lipinski definition) is 8. The van der Waals surface area contributed by atoms with Gasteiger partial charge in [0, 0.05) is 28.6 Å². The largest absolute Gasteiger partial charge is 0.493 e. The molecule has 4 rings (SSSR count). The minimum absolute atomic E-state index is 0.0501. The molecule has 0 saturated carbocycles. The summed E-state index contributed by atoms with van der Waals surface area (Å²) in [5, 5.41) is 1.63. The molecule has 0 aliphatic heterocycles. The van der Waals surface area contributed by atoms with Gasteiger partial charge in [0.25, 0.3) is 5.56 Å². The van der Waals surface area contributed by atoms with E-state index in [0.29, 0.717) is 55.5 Å². The second-order valence-electron chi connectivity index (χ2n) is 6.90. The summed E-state index contributed by atoms with van der Waals surface area (Å²) in [5.74, 6) is 2.25. The van der Waals surface area contributed by atoms with E-state index in [2.05, 4.69) is 19.9 Å². The van der Waals surface area contributed by atoms with Crippen molar-refractivity contribution in [3.63, 3.8) is 0 Å². The van der Waals surface area contributed by atoms with E-state index in [1.54, 1.807) is 33.3 Å². The Balaban J connectivity index is 0.000000191. The fraction of sp³-hybridized carbons (Fsp3) is 0.273. The molecule has 0 radical (unpaired) electrons. The lowest BCUT2D eigenvalue weighted by Crippen LogP contribution is -2.10. The van der Waals surface area contributed by atoms with Crippen molar-refractivity contribution in [1.29, 1.82) is 0 Å². The second kappa shape index (κ2) is 10.5. The number of aromatic amines is 1. The molecule has 9 nitrogen and oxygen atoms in total. The van der Waals surface area contributed by atoms with Crippen LogP contribution >= 0.6 is 34.8 Å². The van der Waals surface area contributed by atoms with Crippen LogP contribution in [0.1, 0.15) is 11.1 Å². The Labute approximate surface area is 209 Å². The number of nitrogens with zero attached hydrogens (tertiary/aromatic N) is 3. The molecule has 2 heterocycles. The predicted octanol–water partition coefficient (Wildman–Crippen LogP) is 5.16. The third kappa shape index (κ3) is 4.77. The average Bonchev–Trinajstić information content (AvgIpc) is 2.77. The van der Waals surface area contributed by atoms with Crippen molar-refractivity contribution < 1.29 is 18.9 Å². The van der Waals surface area contributed by atoms with E-state index in [9.17, 15) is 4.79 Å². The Bertz CT molecular complexity index is 1440. The normalized spacial score (nSPS) is 10.6. The lowest BCUT2D eigenvalue weighted by atomic mass is 10.1. The number of aromatic nitrogens is 4. The SMILES string of the molecule is COc1cc2nc(Cl)[nH]c(=O)c2c(C)c1OC.COc1cc2nc(Cl)nc(Cl)c2c(C)c1OC. The summed E-state index contributed by atoms with van der Waals surface area (Å²) in [7, 11) is 6.18. The molecule has 4 aromatic rings. The average molecular weight is 528 g/mol. The van der Waals surface area contributed by atoms with Gasteiger partial charge in [-0.1, -0.05) is 11.6 Å². The Morgan fingerprint density at radius 3 is 1.74 bits per heavy atom. The summed E-state index contributed by atoms with van der Waals surface area (Å²) in [6.07, 6.45) is 0. The van der Waals surface area contributed by atoms with Crippen molar-refractivity contribution in [2.75, 3.05) is 28.4 Å². The highest BCUT2D eigenvalue weighted by molar-refractivity contribution is 6.36. The van der Waals surface area contributed by atoms with Gasteiger partial charge in [-0.15, -0.1) is 0 Å². The van der Waals surface area contributed by atoms with Gasteiger partial charge in [-0.25, -0.2) is 15.0 Å². The molecule has 0 fully saturated rings. The summed E-state index contributed by atoms with van der Waals surface area (Å²) < 4.78 is 20.9. The molecule has 0 spiro atoms. The fourth-order valence-corrected chi connectivity index (χ4v) is 4.30. The van der Waals surface area contributed by atoms with Crippen LogP contribution in [0.2, 0.25) is 15.7 Å². The first kappa shape index (κ1) is 25.6. The third-order valence-electron chi connectivity index (χ3n) is 5.05. The van der Waals surface area contributed by atoms with Crippen LogP contribution in [0.5, 0.6) is 23.0 Å². The molecule has 0 aliphatic carbocycles. The molecule has 0 bridgehead atoms. The molecule has 2 aromatic heterocycles. The van der Waals surface area contributed by atoms with Crippen LogP contribution in [-0.2, 0) is 0 Å². The monoisotopic (exact) mass is 526 g/mol. The number of hydrogen-bond donors (Lipinski definition) is 1. The van der Waals surface area contributed by atoms with E-state index < -0.39 is 0 Å². The number of aryl methyl sites for hydroxylation is 2. The van der Waals surface area contributed by atoms with Crippen molar-refractivity contribution in [3.8, 4) is 23.0 Å². The van der Waals surface area contributed by atoms with E-state index in [1.807, 2.05) is 6.92 Å². The summed E-state index contributed by atoms with van der Waals surface area (Å²) >= 11 is 17.5. The van der Waals surface area contributed by atoms with Crippen molar-refractivity contribution in [1.82, 2.24) is 19.9 Å². The number of nitrogens with one attached hydrogen (secondary N) is 1. The molecule has 0 aliphatic rings. The van der Waals surface area contributed by atoms with Crippen molar-refractivity contribution in [2.45, 2.75) is 13.8 Å². The van der Waals surface area contributed by atoms with Gasteiger partial charge in [-0.05, 0) is 37.0 Å². The van der Waals surface area contributed by atoms with Gasteiger partial charge in [0.15, 0.2) is 23.0 Å². The first-order valence-electron chi connectivity index (χ1n) is 9.72. The summed E-state index contributed by atoms with van der Waals surface area (Å²) in [6, 6.07) is 3.35. The van der Waals surface area contributed by atoms with Crippen LogP contribution < -0.4 is 24.5 Å². The van der Waals surface area contributed by atoms with Crippen LogP contribution in [0.15, 0.2) is 16.9 Å². The van der Waals surface area contributed by atoms with E-state index >= 15 is 0 Å². The van der Waals surface area contributed by atoms with Crippen molar-refractivity contribution >= 4 is 56.6 Å². The zero-order valence-electron chi connectivity index (χ0n) is 19.2. The zero-order valence-corrected chi connectivity index (χ0v) is 21.4. The maximum absolute atomic E-state index is 11.8. The van der Waals surface area contributed by atoms with E-state index in [0.717, 1.165) is 5.56 Å². The number of methoxy groups -OCH3 is 4. The molecule has 0 amide bonds. The molecule has 0 unspecified atom stereocenters. The van der Waals surface area contributed by atoms with Crippen LogP contribution in [-0.4, -0.2) is 48.4 Å². The summed E-state index contributed by atoms with van der Waals surface area (Å²) in [6.45, 7) is 3.64. The first-order valence-corrected chi connectivity index (χ1v) is 10.9. The number of fused-ring (bicyclic) bond motifs is 2. The standard InChI is InChI=1S/C11H10Cl2N2O2.C11H11ClN2O3/c1-5-8-6(14-11(13)15-10(8)12)4-7(16-2)9(5)17-3;1-5-8-6(13-11(12)14-10(8)15)4-7(16-2)9(5)17-3/h4H,1-3H3;4H,1-3H3,(H,13,14,15). The van der Waals surface area contributed by atoms with Crippen molar-refractivity contribution in [3.05, 3.63) is 49.3 Å². The van der Waals surface area contributed by atoms with E-state index in [1.165, 1.54) is 14.2 Å². The van der Waals surface area contributed by atoms with Crippen LogP contribution in [0.3, 0.4) is 0 Å². The molecule has 0 saturated heterocycles. The van der Waals surface area contributed by atoms with E-state index in [-0.39, 0.29) is 16.1 Å². The molecule has 1 N–H and O–H groups in total. The van der Waals surface area contributed by atoms with Gasteiger partial charge in [0.05, 0.1) is 44.9 Å². The highest BCUT2D eigenvalue weighted by atomic mass is 35.5. The molecular weight excluding hydrogens is 507 g/mol. The van der Waals surface area contributed by atoms with Crippen molar-refractivity contribution in [2.24, 2.45) is 0 Å². The molecular formula is C22H21Cl3N4O5. The van der Waals surface area contributed by atoms with Crippen LogP contribution in [0, 0.1) is 13.8 Å². The zero-order chi connectivity index (χ0) is 25.2. The highest BCUT2D eigenvalue weighted by Gasteiger charge is 2.17. The molecule has 180 valence electrons. The number of H-pyrrole nitrogens is 1. The summed E-state index contributed by atoms with van der Waals surface area (Å²) in [5.41, 5.74) is 2.31. The Kier molecular flexibility index (Phi) is 7.91. The maximum Gasteiger partial charge on any atom is 0.260 e. The lowest BCUT2D eigenvalue weighted by molar-refractivity contribution is 0.354. The van der Waals surface area contributed by atoms with Gasteiger partial charge in [-0.2, -0.15) is 0 Å². The maximum atomic E-state index is 11.8. The smallest absolute Gasteiger partial charge is 0.260 e. The van der Waals surface area contributed by atoms with Gasteiger partial charge in [0.2, 0.25) is 10.6 Å². The van der Waals surface area contributed by atoms with Gasteiger partial charge in [-0.3, -0.25) is 9.78 Å². The fourth-order valence-electron chi connectivity index (χ4n) is 3.59. The second-order valence-corrected chi connectivity index (χ2v) is 7.96. The van der Waals surface area contributed by atoms with Gasteiger partial charge >= 0.3 is 0 Å². The number of halogens is 3. The molecule has 2 aromatic carbocycles. The Hall–Kier alpha value is -3.01. The number of benzene rings is 2. The molecule has 0 atom stereocenters. The topological polar surface area (TPSA) is 108 Å². The first-order chi connectivity index (χ1) is 16.2. The molecule has 34 heavy (non-hydrogen) atoms. The Morgan fingerprint density at radius 1 is 0.735 bits per heavy atom. The number of ether oxygens (including phenoxy) is 4. The highest BCUT2D eigenvalue weighted by Crippen LogP contribution is 2.39. The lowest BCUT2D eigenvalue weighted by Gasteiger charge is -2.13. The van der Waals surface area contributed by atoms with Gasteiger partial charge < -0.3 is 18.9 Å². The van der Waals surface area contributed by atoms with Gasteiger partial charge in [0.1, 0.15) is 5.15 Å². The van der Waals surface area contributed by atoms with Crippen LogP contribution in [0.4, 0.5) is 0 Å². The van der Waals surface area contributed by atoms with Crippen LogP contribution in [0.25, 0.3) is 21.8 Å². The minimum Gasteiger partial charge on any atom is -0.493 e. The quantitative estimate of drug-likeness (QED) is 0.286.